The van der Waals surface area contributed by atoms with Crippen LogP contribution in [0.2, 0.25) is 0 Å². The number of likely N-dealkylation sites (tertiary alicyclic amines) is 1. The Labute approximate surface area is 167 Å². The first kappa shape index (κ1) is 19.9. The van der Waals surface area contributed by atoms with Gasteiger partial charge < -0.3 is 19.7 Å². The summed E-state index contributed by atoms with van der Waals surface area (Å²) in [5.41, 5.74) is 1.40. The molecule has 0 radical (unpaired) electrons. The number of benzene rings is 1. The monoisotopic (exact) mass is 455 g/mol. The molecule has 2 fully saturated rings. The van der Waals surface area contributed by atoms with E-state index in [0.29, 0.717) is 12.0 Å². The van der Waals surface area contributed by atoms with Crippen LogP contribution >= 0.6 is 24.0 Å². The van der Waals surface area contributed by atoms with Gasteiger partial charge in [0.1, 0.15) is 12.4 Å². The first-order chi connectivity index (χ1) is 11.8. The zero-order valence-electron chi connectivity index (χ0n) is 14.7. The fourth-order valence-electron chi connectivity index (χ4n) is 3.50. The second-order valence-electron chi connectivity index (χ2n) is 6.48. The number of halogens is 1. The molecular weight excluding hydrogens is 429 g/mol. The summed E-state index contributed by atoms with van der Waals surface area (Å²) in [6, 6.07) is 7.94. The zero-order valence-corrected chi connectivity index (χ0v) is 17.0. The molecule has 0 bridgehead atoms. The van der Waals surface area contributed by atoms with Gasteiger partial charge in [0.05, 0.1) is 6.61 Å². The first-order valence-electron chi connectivity index (χ1n) is 8.44. The van der Waals surface area contributed by atoms with Gasteiger partial charge in [-0.25, -0.2) is 0 Å². The Morgan fingerprint density at radius 3 is 3.00 bits per heavy atom. The van der Waals surface area contributed by atoms with Crippen molar-refractivity contribution in [1.29, 1.82) is 0 Å². The largest absolute Gasteiger partial charge is 0.481 e. The van der Waals surface area contributed by atoms with E-state index in [2.05, 4.69) is 21.1 Å². The van der Waals surface area contributed by atoms with Crippen LogP contribution in [-0.4, -0.2) is 50.8 Å². The van der Waals surface area contributed by atoms with Crippen molar-refractivity contribution in [2.75, 3.05) is 40.0 Å². The van der Waals surface area contributed by atoms with E-state index in [9.17, 15) is 0 Å². The Kier molecular flexibility index (Phi) is 7.38. The van der Waals surface area contributed by atoms with Gasteiger partial charge in [0, 0.05) is 44.3 Å². The van der Waals surface area contributed by atoms with Crippen LogP contribution in [0.3, 0.4) is 0 Å². The molecule has 1 aromatic rings. The molecule has 1 unspecified atom stereocenters. The van der Waals surface area contributed by atoms with Crippen LogP contribution < -0.4 is 10.1 Å². The third kappa shape index (κ3) is 4.79. The van der Waals surface area contributed by atoms with Crippen molar-refractivity contribution in [2.45, 2.75) is 19.4 Å². The number of terminal acetylenes is 1. The predicted molar refractivity (Wildman–Crippen MR) is 110 cm³/mol. The average molecular weight is 455 g/mol. The van der Waals surface area contributed by atoms with E-state index < -0.39 is 0 Å². The van der Waals surface area contributed by atoms with Crippen molar-refractivity contribution in [3.8, 4) is 18.1 Å². The first-order valence-corrected chi connectivity index (χ1v) is 8.44. The van der Waals surface area contributed by atoms with E-state index in [1.54, 1.807) is 0 Å². The van der Waals surface area contributed by atoms with Crippen LogP contribution in [0, 0.1) is 17.8 Å². The molecule has 0 saturated carbocycles. The Hall–Kier alpha value is -1.46. The maximum atomic E-state index is 5.61. The van der Waals surface area contributed by atoms with Crippen molar-refractivity contribution in [2.24, 2.45) is 10.4 Å². The fraction of sp³-hybridized carbons (Fsp3) is 0.526. The SMILES string of the molecule is C#CCOc1ccccc1CNC(=NC)N1CCC2(CCOC2)C1.I. The van der Waals surface area contributed by atoms with Crippen LogP contribution in [0.1, 0.15) is 18.4 Å². The van der Waals surface area contributed by atoms with Crippen molar-refractivity contribution in [1.82, 2.24) is 10.2 Å². The number of hydrogen-bond donors (Lipinski definition) is 1. The van der Waals surface area contributed by atoms with Gasteiger partial charge in [-0.3, -0.25) is 4.99 Å². The highest BCUT2D eigenvalue weighted by atomic mass is 127. The fourth-order valence-corrected chi connectivity index (χ4v) is 3.50. The predicted octanol–water partition coefficient (Wildman–Crippen LogP) is 2.50. The smallest absolute Gasteiger partial charge is 0.193 e. The Morgan fingerprint density at radius 1 is 1.44 bits per heavy atom. The number of nitrogens with zero attached hydrogens (tertiary/aromatic N) is 2. The average Bonchev–Trinajstić information content (AvgIpc) is 3.25. The number of aliphatic imine (C=N–C) groups is 1. The van der Waals surface area contributed by atoms with E-state index in [1.807, 2.05) is 31.3 Å². The maximum Gasteiger partial charge on any atom is 0.193 e. The molecule has 2 saturated heterocycles. The van der Waals surface area contributed by atoms with Crippen LogP contribution in [0.4, 0.5) is 0 Å². The van der Waals surface area contributed by atoms with Crippen molar-refractivity contribution >= 4 is 29.9 Å². The van der Waals surface area contributed by atoms with E-state index in [-0.39, 0.29) is 30.6 Å². The van der Waals surface area contributed by atoms with Gasteiger partial charge in [0.2, 0.25) is 0 Å². The van der Waals surface area contributed by atoms with Gasteiger partial charge in [-0.2, -0.15) is 0 Å². The molecule has 0 aliphatic carbocycles. The number of para-hydroxylation sites is 1. The lowest BCUT2D eigenvalue weighted by Crippen LogP contribution is -2.41. The lowest BCUT2D eigenvalue weighted by Gasteiger charge is -2.25. The van der Waals surface area contributed by atoms with Crippen molar-refractivity contribution in [3.05, 3.63) is 29.8 Å². The molecule has 25 heavy (non-hydrogen) atoms. The molecule has 3 rings (SSSR count). The number of hydrogen-bond acceptors (Lipinski definition) is 3. The molecule has 2 aliphatic heterocycles. The summed E-state index contributed by atoms with van der Waals surface area (Å²) in [7, 11) is 1.83. The third-order valence-corrected chi connectivity index (χ3v) is 4.86. The maximum absolute atomic E-state index is 5.61. The molecule has 0 amide bonds. The molecule has 0 aromatic heterocycles. The summed E-state index contributed by atoms with van der Waals surface area (Å²) in [6.07, 6.45) is 7.62. The molecule has 6 heteroatoms. The molecule has 1 N–H and O–H groups in total. The lowest BCUT2D eigenvalue weighted by molar-refractivity contribution is 0.156. The van der Waals surface area contributed by atoms with Gasteiger partial charge in [0.15, 0.2) is 5.96 Å². The number of nitrogens with one attached hydrogen (secondary N) is 1. The Balaban J connectivity index is 0.00000225. The molecule has 136 valence electrons. The van der Waals surface area contributed by atoms with Crippen LogP contribution in [0.25, 0.3) is 0 Å². The van der Waals surface area contributed by atoms with Crippen LogP contribution in [0.5, 0.6) is 5.75 Å². The minimum Gasteiger partial charge on any atom is -0.481 e. The zero-order chi connectivity index (χ0) is 16.8. The van der Waals surface area contributed by atoms with E-state index in [1.165, 1.54) is 6.42 Å². The molecule has 1 atom stereocenters. The molecule has 5 nitrogen and oxygen atoms in total. The highest BCUT2D eigenvalue weighted by Crippen LogP contribution is 2.38. The van der Waals surface area contributed by atoms with Gasteiger partial charge >= 0.3 is 0 Å². The van der Waals surface area contributed by atoms with Gasteiger partial charge in [-0.15, -0.1) is 30.4 Å². The van der Waals surface area contributed by atoms with E-state index in [4.69, 9.17) is 15.9 Å². The Bertz CT molecular complexity index is 636. The summed E-state index contributed by atoms with van der Waals surface area (Å²) in [4.78, 5) is 6.78. The lowest BCUT2D eigenvalue weighted by atomic mass is 9.87. The molecule has 1 aromatic carbocycles. The second-order valence-corrected chi connectivity index (χ2v) is 6.48. The van der Waals surface area contributed by atoms with E-state index >= 15 is 0 Å². The summed E-state index contributed by atoms with van der Waals surface area (Å²) in [5, 5.41) is 3.45. The van der Waals surface area contributed by atoms with Gasteiger partial charge in [0.25, 0.3) is 0 Å². The van der Waals surface area contributed by atoms with Gasteiger partial charge in [-0.05, 0) is 18.9 Å². The van der Waals surface area contributed by atoms with Crippen molar-refractivity contribution in [3.63, 3.8) is 0 Å². The summed E-state index contributed by atoms with van der Waals surface area (Å²) >= 11 is 0. The summed E-state index contributed by atoms with van der Waals surface area (Å²) < 4.78 is 11.2. The molecular formula is C19H26IN3O2. The third-order valence-electron chi connectivity index (χ3n) is 4.86. The summed E-state index contributed by atoms with van der Waals surface area (Å²) in [6.45, 7) is 4.75. The molecule has 2 aliphatic rings. The Morgan fingerprint density at radius 2 is 2.28 bits per heavy atom. The number of ether oxygens (including phenoxy) is 2. The minimum absolute atomic E-state index is 0. The molecule has 1 spiro atoms. The van der Waals surface area contributed by atoms with E-state index in [0.717, 1.165) is 50.0 Å². The normalized spacial score (nSPS) is 22.6. The molecule has 2 heterocycles. The number of guanidine groups is 1. The number of rotatable bonds is 4. The van der Waals surface area contributed by atoms with Crippen LogP contribution in [0.15, 0.2) is 29.3 Å². The highest BCUT2D eigenvalue weighted by Gasteiger charge is 2.42. The van der Waals surface area contributed by atoms with Gasteiger partial charge in [-0.1, -0.05) is 24.1 Å². The minimum atomic E-state index is 0. The highest BCUT2D eigenvalue weighted by molar-refractivity contribution is 14.0. The quantitative estimate of drug-likeness (QED) is 0.328. The standard InChI is InChI=1S/C19H25N3O2.HI/c1-3-11-24-17-7-5-4-6-16(17)13-21-18(20-2)22-10-8-19(14-22)9-12-23-15-19;/h1,4-7H,8-15H2,2H3,(H,20,21);1H. The topological polar surface area (TPSA) is 46.1 Å². The van der Waals surface area contributed by atoms with Crippen molar-refractivity contribution < 1.29 is 9.47 Å². The second kappa shape index (κ2) is 9.30. The van der Waals surface area contributed by atoms with Crippen LogP contribution in [-0.2, 0) is 11.3 Å². The summed E-state index contributed by atoms with van der Waals surface area (Å²) in [5.74, 6) is 4.26.